The molecule has 1 atom stereocenters. The molecule has 3 heteroatoms. The van der Waals surface area contributed by atoms with Crippen LogP contribution >= 0.6 is 0 Å². The molecular formula is C11H12O3. The maximum atomic E-state index is 11.5. The molecule has 0 N–H and O–H groups in total. The summed E-state index contributed by atoms with van der Waals surface area (Å²) in [6.07, 6.45) is 4.62. The number of cyclic esters (lactones) is 1. The summed E-state index contributed by atoms with van der Waals surface area (Å²) in [6.45, 7) is 2.26. The first-order chi connectivity index (χ1) is 6.66. The molecule has 0 amide bonds. The van der Waals surface area contributed by atoms with Crippen molar-refractivity contribution in [3.63, 3.8) is 0 Å². The Bertz CT molecular complexity index is 350. The van der Waals surface area contributed by atoms with E-state index < -0.39 is 0 Å². The van der Waals surface area contributed by atoms with Crippen LogP contribution < -0.4 is 0 Å². The van der Waals surface area contributed by atoms with Crippen molar-refractivity contribution in [3.8, 4) is 0 Å². The molecule has 0 saturated carbocycles. The van der Waals surface area contributed by atoms with Gasteiger partial charge in [-0.15, -0.1) is 0 Å². The van der Waals surface area contributed by atoms with Crippen LogP contribution in [0.3, 0.4) is 0 Å². The topological polar surface area (TPSA) is 43.4 Å². The Morgan fingerprint density at radius 3 is 3.00 bits per heavy atom. The third-order valence-electron chi connectivity index (χ3n) is 2.53. The fourth-order valence-corrected chi connectivity index (χ4v) is 1.78. The highest BCUT2D eigenvalue weighted by molar-refractivity contribution is 5.97. The van der Waals surface area contributed by atoms with E-state index >= 15 is 0 Å². The van der Waals surface area contributed by atoms with Crippen LogP contribution in [-0.2, 0) is 14.3 Å². The van der Waals surface area contributed by atoms with Crippen LogP contribution in [0.5, 0.6) is 0 Å². The van der Waals surface area contributed by atoms with Gasteiger partial charge in [0, 0.05) is 12.8 Å². The normalized spacial score (nSPS) is 29.4. The average molecular weight is 192 g/mol. The molecule has 0 aromatic rings. The summed E-state index contributed by atoms with van der Waals surface area (Å²) in [5.74, 6) is 0.107. The Hall–Kier alpha value is -1.38. The highest BCUT2D eigenvalue weighted by Crippen LogP contribution is 2.24. The fraction of sp³-hybridized carbons (Fsp3) is 0.455. The van der Waals surface area contributed by atoms with Gasteiger partial charge in [-0.05, 0) is 11.5 Å². The smallest absolute Gasteiger partial charge is 0.338 e. The van der Waals surface area contributed by atoms with Gasteiger partial charge in [0.1, 0.15) is 12.4 Å². The summed E-state index contributed by atoms with van der Waals surface area (Å²) in [5.41, 5.74) is 1.42. The third-order valence-corrected chi connectivity index (χ3v) is 2.53. The first-order valence-electron chi connectivity index (χ1n) is 4.76. The van der Waals surface area contributed by atoms with Crippen LogP contribution in [0.15, 0.2) is 23.3 Å². The number of esters is 1. The molecule has 0 unspecified atom stereocenters. The van der Waals surface area contributed by atoms with Crippen molar-refractivity contribution in [1.82, 2.24) is 0 Å². The number of carbonyl (C=O) groups excluding carboxylic acids is 2. The first kappa shape index (κ1) is 9.19. The monoisotopic (exact) mass is 192 g/mol. The number of carbonyl (C=O) groups is 2. The summed E-state index contributed by atoms with van der Waals surface area (Å²) in [6, 6.07) is 0. The van der Waals surface area contributed by atoms with E-state index in [2.05, 4.69) is 0 Å². The van der Waals surface area contributed by atoms with Gasteiger partial charge in [-0.1, -0.05) is 19.1 Å². The Morgan fingerprint density at radius 1 is 1.43 bits per heavy atom. The van der Waals surface area contributed by atoms with Crippen molar-refractivity contribution in [2.45, 2.75) is 19.8 Å². The lowest BCUT2D eigenvalue weighted by Crippen LogP contribution is -2.08. The summed E-state index contributed by atoms with van der Waals surface area (Å²) in [7, 11) is 0. The Morgan fingerprint density at radius 2 is 2.21 bits per heavy atom. The minimum Gasteiger partial charge on any atom is -0.458 e. The second-order valence-corrected chi connectivity index (χ2v) is 3.85. The molecule has 0 aromatic heterocycles. The van der Waals surface area contributed by atoms with Crippen LogP contribution in [0.1, 0.15) is 19.8 Å². The molecule has 14 heavy (non-hydrogen) atoms. The molecule has 0 bridgehead atoms. The molecule has 0 saturated heterocycles. The quantitative estimate of drug-likeness (QED) is 0.545. The lowest BCUT2D eigenvalue weighted by atomic mass is 9.94. The number of hydrogen-bond donors (Lipinski definition) is 0. The van der Waals surface area contributed by atoms with E-state index in [-0.39, 0.29) is 17.7 Å². The number of hydrogen-bond acceptors (Lipinski definition) is 3. The van der Waals surface area contributed by atoms with Crippen LogP contribution in [0.4, 0.5) is 0 Å². The van der Waals surface area contributed by atoms with E-state index in [0.29, 0.717) is 25.0 Å². The van der Waals surface area contributed by atoms with Crippen molar-refractivity contribution in [2.75, 3.05) is 6.61 Å². The predicted molar refractivity (Wildman–Crippen MR) is 50.5 cm³/mol. The van der Waals surface area contributed by atoms with Crippen LogP contribution in [-0.4, -0.2) is 18.4 Å². The molecule has 1 aliphatic heterocycles. The van der Waals surface area contributed by atoms with Crippen LogP contribution in [0.2, 0.25) is 0 Å². The molecule has 0 aromatic carbocycles. The minimum absolute atomic E-state index is 0.188. The molecular weight excluding hydrogens is 180 g/mol. The zero-order valence-electron chi connectivity index (χ0n) is 8.08. The molecule has 0 fully saturated rings. The second-order valence-electron chi connectivity index (χ2n) is 3.85. The number of rotatable bonds is 0. The van der Waals surface area contributed by atoms with Gasteiger partial charge in [-0.3, -0.25) is 4.79 Å². The SMILES string of the molecule is C[C@H]1/C=C\C2=C(COC2=O)CC(=O)C1. The molecule has 3 nitrogen and oxygen atoms in total. The van der Waals surface area contributed by atoms with Gasteiger partial charge >= 0.3 is 5.97 Å². The number of allylic oxidation sites excluding steroid dienone is 1. The van der Waals surface area contributed by atoms with Crippen molar-refractivity contribution >= 4 is 11.8 Å². The summed E-state index contributed by atoms with van der Waals surface area (Å²) >= 11 is 0. The molecule has 1 aliphatic carbocycles. The molecule has 0 spiro atoms. The van der Waals surface area contributed by atoms with Crippen molar-refractivity contribution in [1.29, 1.82) is 0 Å². The highest BCUT2D eigenvalue weighted by Gasteiger charge is 2.26. The van der Waals surface area contributed by atoms with Gasteiger partial charge in [0.2, 0.25) is 0 Å². The first-order valence-corrected chi connectivity index (χ1v) is 4.76. The standard InChI is InChI=1S/C11H12O3/c1-7-2-3-10-8(5-9(12)4-7)6-14-11(10)13/h2-3,7H,4-6H2,1H3/b3-2-/t7-/m0/s1. The minimum atomic E-state index is -0.293. The fourth-order valence-electron chi connectivity index (χ4n) is 1.78. The Kier molecular flexibility index (Phi) is 2.23. The summed E-state index contributed by atoms with van der Waals surface area (Å²) < 4.78 is 4.88. The second kappa shape index (κ2) is 3.40. The average Bonchev–Trinajstić information content (AvgIpc) is 2.41. The predicted octanol–water partition coefficient (Wildman–Crippen LogP) is 1.40. The highest BCUT2D eigenvalue weighted by atomic mass is 16.5. The van der Waals surface area contributed by atoms with E-state index in [4.69, 9.17) is 4.74 Å². The van der Waals surface area contributed by atoms with Crippen molar-refractivity contribution in [3.05, 3.63) is 23.3 Å². The zero-order valence-corrected chi connectivity index (χ0v) is 8.08. The van der Waals surface area contributed by atoms with E-state index in [9.17, 15) is 9.59 Å². The van der Waals surface area contributed by atoms with E-state index in [1.807, 2.05) is 13.0 Å². The summed E-state index contributed by atoms with van der Waals surface area (Å²) in [4.78, 5) is 22.7. The maximum absolute atomic E-state index is 11.5. The summed E-state index contributed by atoms with van der Waals surface area (Å²) in [5, 5.41) is 0. The lowest BCUT2D eigenvalue weighted by molar-refractivity contribution is -0.135. The number of ketones is 1. The molecule has 2 aliphatic rings. The van der Waals surface area contributed by atoms with Gasteiger partial charge < -0.3 is 4.74 Å². The van der Waals surface area contributed by atoms with Gasteiger partial charge in [0.25, 0.3) is 0 Å². The Labute approximate surface area is 82.4 Å². The van der Waals surface area contributed by atoms with Gasteiger partial charge in [-0.2, -0.15) is 0 Å². The van der Waals surface area contributed by atoms with Crippen molar-refractivity contribution < 1.29 is 14.3 Å². The van der Waals surface area contributed by atoms with Gasteiger partial charge in [0.05, 0.1) is 5.57 Å². The van der Waals surface area contributed by atoms with E-state index in [1.54, 1.807) is 6.08 Å². The third kappa shape index (κ3) is 1.62. The maximum Gasteiger partial charge on any atom is 0.338 e. The van der Waals surface area contributed by atoms with E-state index in [1.165, 1.54) is 0 Å². The zero-order chi connectivity index (χ0) is 10.1. The lowest BCUT2D eigenvalue weighted by Gasteiger charge is -2.08. The molecule has 74 valence electrons. The number of Topliss-reactive ketones (excluding diaryl/α,β-unsaturated/α-hetero) is 1. The Balaban J connectivity index is 2.34. The van der Waals surface area contributed by atoms with Gasteiger partial charge in [0.15, 0.2) is 0 Å². The molecule has 0 radical (unpaired) electrons. The van der Waals surface area contributed by atoms with Gasteiger partial charge in [-0.25, -0.2) is 4.79 Å². The van der Waals surface area contributed by atoms with Crippen LogP contribution in [0.25, 0.3) is 0 Å². The van der Waals surface area contributed by atoms with Crippen molar-refractivity contribution in [2.24, 2.45) is 5.92 Å². The largest absolute Gasteiger partial charge is 0.458 e. The molecule has 2 rings (SSSR count). The molecule has 1 heterocycles. The number of ether oxygens (including phenoxy) is 1. The van der Waals surface area contributed by atoms with E-state index in [0.717, 1.165) is 5.57 Å². The van der Waals surface area contributed by atoms with Crippen LogP contribution in [0, 0.1) is 5.92 Å².